The van der Waals surface area contributed by atoms with E-state index in [-0.39, 0.29) is 6.42 Å². The van der Waals surface area contributed by atoms with E-state index in [1.165, 1.54) is 18.2 Å². The third kappa shape index (κ3) is 6.36. The molecule has 0 saturated heterocycles. The lowest BCUT2D eigenvalue weighted by molar-refractivity contribution is -0.142. The molecular weight excluding hydrogens is 242 g/mol. The molecule has 2 N–H and O–H groups in total. The van der Waals surface area contributed by atoms with Crippen LogP contribution in [0.4, 0.5) is 0 Å². The number of methoxy groups -OCH3 is 1. The van der Waals surface area contributed by atoms with E-state index in [1.54, 1.807) is 0 Å². The molecule has 0 aliphatic rings. The lowest BCUT2D eigenvalue weighted by Gasteiger charge is -2.11. The fraction of sp³-hybridized carbons (Fsp3) is 0.533. The fourth-order valence-electron chi connectivity index (χ4n) is 1.84. The Morgan fingerprint density at radius 1 is 1.32 bits per heavy atom. The van der Waals surface area contributed by atoms with Gasteiger partial charge in [0.15, 0.2) is 0 Å². The maximum Gasteiger partial charge on any atom is 0.308 e. The third-order valence-electron chi connectivity index (χ3n) is 2.90. The number of aliphatic hydroxyl groups is 1. The molecule has 0 aliphatic carbocycles. The number of esters is 1. The summed E-state index contributed by atoms with van der Waals surface area (Å²) in [7, 11) is 1.32. The van der Waals surface area contributed by atoms with Gasteiger partial charge in [-0.2, -0.15) is 0 Å². The number of hydrogen-bond donors (Lipinski definition) is 2. The maximum absolute atomic E-state index is 10.9. The van der Waals surface area contributed by atoms with Crippen LogP contribution >= 0.6 is 0 Å². The predicted octanol–water partition coefficient (Wildman–Crippen LogP) is 1.65. The maximum atomic E-state index is 10.9. The molecular formula is C15H23NO3. The van der Waals surface area contributed by atoms with E-state index in [4.69, 9.17) is 0 Å². The molecule has 0 saturated carbocycles. The normalized spacial score (nSPS) is 12.2. The van der Waals surface area contributed by atoms with Crippen LogP contribution in [0.15, 0.2) is 24.3 Å². The molecule has 1 aromatic carbocycles. The highest BCUT2D eigenvalue weighted by Gasteiger charge is 2.10. The number of ether oxygens (including phenoxy) is 1. The topological polar surface area (TPSA) is 58.6 Å². The van der Waals surface area contributed by atoms with Crippen molar-refractivity contribution in [2.75, 3.05) is 13.7 Å². The van der Waals surface area contributed by atoms with Gasteiger partial charge in [0.2, 0.25) is 0 Å². The first-order chi connectivity index (χ1) is 9.15. The highest BCUT2D eigenvalue weighted by molar-refractivity contribution is 5.69. The summed E-state index contributed by atoms with van der Waals surface area (Å²) >= 11 is 0. The lowest BCUT2D eigenvalue weighted by Crippen LogP contribution is -2.28. The minimum absolute atomic E-state index is 0.0267. The van der Waals surface area contributed by atoms with E-state index in [0.717, 1.165) is 12.8 Å². The second-order valence-corrected chi connectivity index (χ2v) is 4.63. The monoisotopic (exact) mass is 265 g/mol. The summed E-state index contributed by atoms with van der Waals surface area (Å²) in [6.07, 6.45) is 1.58. The number of aliphatic hydroxyl groups excluding tert-OH is 1. The van der Waals surface area contributed by atoms with Crippen molar-refractivity contribution in [3.63, 3.8) is 0 Å². The van der Waals surface area contributed by atoms with Crippen LogP contribution in [0, 0.1) is 0 Å². The van der Waals surface area contributed by atoms with E-state index in [0.29, 0.717) is 13.1 Å². The van der Waals surface area contributed by atoms with Gasteiger partial charge in [-0.3, -0.25) is 4.79 Å². The Balaban J connectivity index is 2.26. The molecule has 0 aromatic heterocycles. The predicted molar refractivity (Wildman–Crippen MR) is 74.8 cm³/mol. The van der Waals surface area contributed by atoms with Gasteiger partial charge in [-0.25, -0.2) is 0 Å². The first-order valence-corrected chi connectivity index (χ1v) is 6.69. The van der Waals surface area contributed by atoms with Crippen LogP contribution in [-0.4, -0.2) is 30.8 Å². The van der Waals surface area contributed by atoms with E-state index in [2.05, 4.69) is 41.2 Å². The van der Waals surface area contributed by atoms with Crippen molar-refractivity contribution in [3.05, 3.63) is 35.4 Å². The fourth-order valence-corrected chi connectivity index (χ4v) is 1.84. The molecule has 1 atom stereocenters. The molecule has 0 spiro atoms. The largest absolute Gasteiger partial charge is 0.469 e. The van der Waals surface area contributed by atoms with Crippen LogP contribution in [0.2, 0.25) is 0 Å². The van der Waals surface area contributed by atoms with E-state index < -0.39 is 12.1 Å². The highest BCUT2D eigenvalue weighted by atomic mass is 16.5. The van der Waals surface area contributed by atoms with Gasteiger partial charge in [0.1, 0.15) is 0 Å². The Morgan fingerprint density at radius 2 is 1.95 bits per heavy atom. The molecule has 1 unspecified atom stereocenters. The summed E-state index contributed by atoms with van der Waals surface area (Å²) in [6, 6.07) is 8.44. The van der Waals surface area contributed by atoms with Crippen LogP contribution in [0.5, 0.6) is 0 Å². The van der Waals surface area contributed by atoms with E-state index >= 15 is 0 Å². The van der Waals surface area contributed by atoms with Crippen molar-refractivity contribution < 1.29 is 14.6 Å². The van der Waals surface area contributed by atoms with Crippen LogP contribution in [-0.2, 0) is 22.5 Å². The summed E-state index contributed by atoms with van der Waals surface area (Å²) < 4.78 is 4.49. The van der Waals surface area contributed by atoms with Gasteiger partial charge in [-0.15, -0.1) is 0 Å². The molecule has 0 heterocycles. The van der Waals surface area contributed by atoms with Crippen LogP contribution < -0.4 is 5.32 Å². The molecule has 0 aliphatic heterocycles. The molecule has 0 amide bonds. The van der Waals surface area contributed by atoms with Gasteiger partial charge in [0, 0.05) is 13.1 Å². The minimum atomic E-state index is -0.702. The highest BCUT2D eigenvalue weighted by Crippen LogP contribution is 2.06. The smallest absolute Gasteiger partial charge is 0.308 e. The van der Waals surface area contributed by atoms with Crippen LogP contribution in [0.3, 0.4) is 0 Å². The van der Waals surface area contributed by atoms with Gasteiger partial charge in [-0.05, 0) is 17.5 Å². The molecule has 0 fully saturated rings. The quantitative estimate of drug-likeness (QED) is 0.702. The van der Waals surface area contributed by atoms with Gasteiger partial charge in [0.25, 0.3) is 0 Å². The molecule has 0 bridgehead atoms. The molecule has 0 radical (unpaired) electrons. The van der Waals surface area contributed by atoms with Gasteiger partial charge in [0.05, 0.1) is 19.6 Å². The number of rotatable bonds is 8. The molecule has 1 aromatic rings. The number of aryl methyl sites for hydroxylation is 1. The molecule has 19 heavy (non-hydrogen) atoms. The molecule has 4 heteroatoms. The van der Waals surface area contributed by atoms with Crippen LogP contribution in [0.1, 0.15) is 30.9 Å². The Bertz CT molecular complexity index is 375. The van der Waals surface area contributed by atoms with E-state index in [1.807, 2.05) is 0 Å². The molecule has 4 nitrogen and oxygen atoms in total. The second-order valence-electron chi connectivity index (χ2n) is 4.63. The Hall–Kier alpha value is -1.39. The number of carbonyl (C=O) groups is 1. The first-order valence-electron chi connectivity index (χ1n) is 6.69. The van der Waals surface area contributed by atoms with Gasteiger partial charge >= 0.3 is 5.97 Å². The number of nitrogens with one attached hydrogen (secondary N) is 1. The number of carbonyl (C=O) groups excluding carboxylic acids is 1. The first kappa shape index (κ1) is 15.7. The lowest BCUT2D eigenvalue weighted by atomic mass is 10.1. The zero-order chi connectivity index (χ0) is 14.1. The number of hydrogen-bond acceptors (Lipinski definition) is 4. The Kier molecular flexibility index (Phi) is 7.15. The standard InChI is InChI=1S/C15H23NO3/c1-3-4-12-5-7-13(8-6-12)10-16-11-14(17)9-15(18)19-2/h5-8,14,16-17H,3-4,9-11H2,1-2H3. The van der Waals surface area contributed by atoms with Gasteiger partial charge < -0.3 is 15.2 Å². The summed E-state index contributed by atoms with van der Waals surface area (Å²) in [6.45, 7) is 3.23. The molecule has 1 rings (SSSR count). The van der Waals surface area contributed by atoms with E-state index in [9.17, 15) is 9.90 Å². The summed E-state index contributed by atoms with van der Waals surface area (Å²) in [4.78, 5) is 10.9. The number of benzene rings is 1. The Morgan fingerprint density at radius 3 is 2.53 bits per heavy atom. The average molecular weight is 265 g/mol. The van der Waals surface area contributed by atoms with Crippen molar-refractivity contribution >= 4 is 5.97 Å². The van der Waals surface area contributed by atoms with Crippen molar-refractivity contribution in [3.8, 4) is 0 Å². The SMILES string of the molecule is CCCc1ccc(CNCC(O)CC(=O)OC)cc1. The zero-order valence-electron chi connectivity index (χ0n) is 11.7. The molecule has 106 valence electrons. The van der Waals surface area contributed by atoms with Crippen molar-refractivity contribution in [1.29, 1.82) is 0 Å². The average Bonchev–Trinajstić information content (AvgIpc) is 2.41. The zero-order valence-corrected chi connectivity index (χ0v) is 11.7. The van der Waals surface area contributed by atoms with Crippen molar-refractivity contribution in [1.82, 2.24) is 5.32 Å². The van der Waals surface area contributed by atoms with Gasteiger partial charge in [-0.1, -0.05) is 37.6 Å². The summed E-state index contributed by atoms with van der Waals surface area (Å²) in [5.41, 5.74) is 2.52. The third-order valence-corrected chi connectivity index (χ3v) is 2.90. The summed E-state index contributed by atoms with van der Waals surface area (Å²) in [5, 5.41) is 12.7. The Labute approximate surface area is 114 Å². The minimum Gasteiger partial charge on any atom is -0.469 e. The van der Waals surface area contributed by atoms with Crippen molar-refractivity contribution in [2.24, 2.45) is 0 Å². The van der Waals surface area contributed by atoms with Crippen molar-refractivity contribution in [2.45, 2.75) is 38.8 Å². The summed E-state index contributed by atoms with van der Waals surface area (Å²) in [5.74, 6) is -0.391. The second kappa shape index (κ2) is 8.67. The van der Waals surface area contributed by atoms with Crippen LogP contribution in [0.25, 0.3) is 0 Å².